The van der Waals surface area contributed by atoms with Crippen LogP contribution in [0.2, 0.25) is 0 Å². The lowest BCUT2D eigenvalue weighted by atomic mass is 10.1. The van der Waals surface area contributed by atoms with Gasteiger partial charge in [-0.05, 0) is 12.8 Å². The van der Waals surface area contributed by atoms with Crippen molar-refractivity contribution in [1.29, 1.82) is 0 Å². The van der Waals surface area contributed by atoms with E-state index in [2.05, 4.69) is 0 Å². The van der Waals surface area contributed by atoms with Crippen LogP contribution in [0.4, 0.5) is 4.79 Å². The number of carbonyl (C=O) groups is 2. The van der Waals surface area contributed by atoms with Gasteiger partial charge in [-0.3, -0.25) is 4.79 Å². The van der Waals surface area contributed by atoms with Crippen LogP contribution in [0, 0.1) is 0 Å². The van der Waals surface area contributed by atoms with E-state index in [4.69, 9.17) is 5.11 Å². The first kappa shape index (κ1) is 13.2. The van der Waals surface area contributed by atoms with Crippen molar-refractivity contribution in [2.75, 3.05) is 13.6 Å². The molecule has 1 unspecified atom stereocenters. The number of likely N-dealkylation sites (N-methyl/N-ethyl adjacent to an activating group) is 1. The van der Waals surface area contributed by atoms with Crippen LogP contribution in [0.1, 0.15) is 44.9 Å². The van der Waals surface area contributed by atoms with E-state index in [0.29, 0.717) is 12.6 Å². The zero-order chi connectivity index (χ0) is 13.1. The lowest BCUT2D eigenvalue weighted by molar-refractivity contribution is -0.137. The fourth-order valence-electron chi connectivity index (χ4n) is 3.06. The standard InChI is InChI=1S/C13H22N2O3/c1-14-11(8-12(16)17)9-15(13(14)18)10-6-4-2-3-5-7-10/h10-11H,2-9H2,1H3,(H,16,17). The van der Waals surface area contributed by atoms with Crippen molar-refractivity contribution in [2.45, 2.75) is 57.0 Å². The van der Waals surface area contributed by atoms with Gasteiger partial charge in [0.15, 0.2) is 0 Å². The van der Waals surface area contributed by atoms with E-state index in [1.165, 1.54) is 25.7 Å². The van der Waals surface area contributed by atoms with Crippen LogP contribution in [0.15, 0.2) is 0 Å². The molecule has 1 atom stereocenters. The van der Waals surface area contributed by atoms with Gasteiger partial charge in [-0.1, -0.05) is 25.7 Å². The van der Waals surface area contributed by atoms with E-state index in [1.54, 1.807) is 11.9 Å². The Morgan fingerprint density at radius 1 is 1.28 bits per heavy atom. The van der Waals surface area contributed by atoms with Gasteiger partial charge in [-0.25, -0.2) is 4.79 Å². The third-order valence-corrected chi connectivity index (χ3v) is 4.18. The first-order valence-corrected chi connectivity index (χ1v) is 6.85. The summed E-state index contributed by atoms with van der Waals surface area (Å²) in [5.41, 5.74) is 0. The van der Waals surface area contributed by atoms with E-state index in [9.17, 15) is 9.59 Å². The Morgan fingerprint density at radius 3 is 2.44 bits per heavy atom. The maximum atomic E-state index is 12.2. The molecule has 5 heteroatoms. The van der Waals surface area contributed by atoms with E-state index in [1.807, 2.05) is 4.90 Å². The van der Waals surface area contributed by atoms with Crippen LogP contribution in [-0.4, -0.2) is 52.6 Å². The van der Waals surface area contributed by atoms with Gasteiger partial charge in [0.05, 0.1) is 12.5 Å². The Hall–Kier alpha value is -1.26. The third kappa shape index (κ3) is 2.76. The van der Waals surface area contributed by atoms with Crippen LogP contribution in [0.25, 0.3) is 0 Å². The zero-order valence-electron chi connectivity index (χ0n) is 11.0. The smallest absolute Gasteiger partial charge is 0.320 e. The minimum absolute atomic E-state index is 0.00755. The highest BCUT2D eigenvalue weighted by Crippen LogP contribution is 2.27. The summed E-state index contributed by atoms with van der Waals surface area (Å²) in [4.78, 5) is 26.5. The molecule has 1 saturated carbocycles. The van der Waals surface area contributed by atoms with Gasteiger partial charge in [0, 0.05) is 19.6 Å². The molecule has 1 saturated heterocycles. The molecule has 0 radical (unpaired) electrons. The summed E-state index contributed by atoms with van der Waals surface area (Å²) in [6.07, 6.45) is 7.06. The maximum absolute atomic E-state index is 12.2. The number of rotatable bonds is 3. The molecule has 2 fully saturated rings. The summed E-state index contributed by atoms with van der Waals surface area (Å²) in [7, 11) is 1.71. The Labute approximate surface area is 108 Å². The van der Waals surface area contributed by atoms with Crippen LogP contribution in [0.5, 0.6) is 0 Å². The van der Waals surface area contributed by atoms with Gasteiger partial charge in [-0.15, -0.1) is 0 Å². The second kappa shape index (κ2) is 5.59. The van der Waals surface area contributed by atoms with Crippen LogP contribution in [0.3, 0.4) is 0 Å². The second-order valence-electron chi connectivity index (χ2n) is 5.44. The average molecular weight is 254 g/mol. The van der Waals surface area contributed by atoms with E-state index in [-0.39, 0.29) is 18.5 Å². The number of nitrogens with zero attached hydrogens (tertiary/aromatic N) is 2. The predicted octanol–water partition coefficient (Wildman–Crippen LogP) is 1.92. The van der Waals surface area contributed by atoms with Crippen molar-refractivity contribution in [1.82, 2.24) is 9.80 Å². The minimum atomic E-state index is -0.831. The molecule has 102 valence electrons. The van der Waals surface area contributed by atoms with Gasteiger partial charge in [0.2, 0.25) is 0 Å². The molecule has 1 aliphatic carbocycles. The van der Waals surface area contributed by atoms with Gasteiger partial charge < -0.3 is 14.9 Å². The number of amides is 2. The molecule has 0 spiro atoms. The first-order chi connectivity index (χ1) is 8.59. The molecule has 0 bridgehead atoms. The van der Waals surface area contributed by atoms with Gasteiger partial charge in [0.25, 0.3) is 0 Å². The largest absolute Gasteiger partial charge is 0.481 e. The number of carbonyl (C=O) groups excluding carboxylic acids is 1. The molecule has 2 aliphatic rings. The molecule has 1 heterocycles. The molecule has 18 heavy (non-hydrogen) atoms. The Bertz CT molecular complexity index is 324. The molecule has 0 aromatic rings. The summed E-state index contributed by atoms with van der Waals surface area (Å²) in [6.45, 7) is 0.576. The lowest BCUT2D eigenvalue weighted by Gasteiger charge is -2.26. The summed E-state index contributed by atoms with van der Waals surface area (Å²) >= 11 is 0. The quantitative estimate of drug-likeness (QED) is 0.783. The fraction of sp³-hybridized carbons (Fsp3) is 0.846. The summed E-state index contributed by atoms with van der Waals surface area (Å²) in [6, 6.07) is 0.160. The van der Waals surface area contributed by atoms with E-state index >= 15 is 0 Å². The Balaban J connectivity index is 2.00. The van der Waals surface area contributed by atoms with E-state index in [0.717, 1.165) is 12.8 Å². The number of carboxylic acid groups (broad SMARTS) is 1. The Kier molecular flexibility index (Phi) is 4.09. The molecular formula is C13H22N2O3. The number of hydrogen-bond acceptors (Lipinski definition) is 2. The van der Waals surface area contributed by atoms with Gasteiger partial charge in [0.1, 0.15) is 0 Å². The summed E-state index contributed by atoms with van der Waals surface area (Å²) in [5.74, 6) is -0.831. The van der Waals surface area contributed by atoms with Crippen molar-refractivity contribution in [3.05, 3.63) is 0 Å². The molecule has 0 aromatic heterocycles. The van der Waals surface area contributed by atoms with Crippen LogP contribution in [-0.2, 0) is 4.79 Å². The average Bonchev–Trinajstić information content (AvgIpc) is 2.57. The molecule has 5 nitrogen and oxygen atoms in total. The molecule has 2 amide bonds. The molecule has 0 aromatic carbocycles. The highest BCUT2D eigenvalue weighted by molar-refractivity contribution is 5.79. The molecular weight excluding hydrogens is 232 g/mol. The van der Waals surface area contributed by atoms with Gasteiger partial charge in [-0.2, -0.15) is 0 Å². The van der Waals surface area contributed by atoms with Gasteiger partial charge >= 0.3 is 12.0 Å². The van der Waals surface area contributed by atoms with Crippen LogP contribution >= 0.6 is 0 Å². The van der Waals surface area contributed by atoms with Crippen molar-refractivity contribution in [2.24, 2.45) is 0 Å². The zero-order valence-corrected chi connectivity index (χ0v) is 11.0. The first-order valence-electron chi connectivity index (χ1n) is 6.85. The highest BCUT2D eigenvalue weighted by Gasteiger charge is 2.39. The number of aliphatic carboxylic acids is 1. The lowest BCUT2D eigenvalue weighted by Crippen LogP contribution is -2.38. The topological polar surface area (TPSA) is 60.9 Å². The van der Waals surface area contributed by atoms with Crippen LogP contribution < -0.4 is 0 Å². The molecule has 2 rings (SSSR count). The van der Waals surface area contributed by atoms with Crippen molar-refractivity contribution >= 4 is 12.0 Å². The van der Waals surface area contributed by atoms with Crippen molar-refractivity contribution < 1.29 is 14.7 Å². The summed E-state index contributed by atoms with van der Waals surface area (Å²) in [5, 5.41) is 8.86. The fourth-order valence-corrected chi connectivity index (χ4v) is 3.06. The van der Waals surface area contributed by atoms with Crippen molar-refractivity contribution in [3.63, 3.8) is 0 Å². The highest BCUT2D eigenvalue weighted by atomic mass is 16.4. The van der Waals surface area contributed by atoms with E-state index < -0.39 is 5.97 Å². The number of urea groups is 1. The third-order valence-electron chi connectivity index (χ3n) is 4.18. The second-order valence-corrected chi connectivity index (χ2v) is 5.44. The summed E-state index contributed by atoms with van der Waals surface area (Å²) < 4.78 is 0. The molecule has 1 N–H and O–H groups in total. The normalized spacial score (nSPS) is 26.5. The SMILES string of the molecule is CN1C(=O)N(C2CCCCCC2)CC1CC(=O)O. The van der Waals surface area contributed by atoms with Crippen molar-refractivity contribution in [3.8, 4) is 0 Å². The Morgan fingerprint density at radius 2 is 1.89 bits per heavy atom. The predicted molar refractivity (Wildman–Crippen MR) is 67.4 cm³/mol. The maximum Gasteiger partial charge on any atom is 0.320 e. The number of hydrogen-bond donors (Lipinski definition) is 1. The minimum Gasteiger partial charge on any atom is -0.481 e. The molecule has 1 aliphatic heterocycles. The number of carboxylic acids is 1. The monoisotopic (exact) mass is 254 g/mol.